The number of oxime groups is 1. The van der Waals surface area contributed by atoms with Crippen LogP contribution in [0.5, 0.6) is 0 Å². The van der Waals surface area contributed by atoms with Crippen molar-refractivity contribution in [1.82, 2.24) is 0 Å². The number of hydrogen-bond acceptors (Lipinski definition) is 3. The van der Waals surface area contributed by atoms with Crippen LogP contribution in [0.4, 0.5) is 5.69 Å². The lowest BCUT2D eigenvalue weighted by molar-refractivity contribution is 0.132. The first kappa shape index (κ1) is 17.7. The maximum absolute atomic E-state index is 5.38. The SMILES string of the molecule is CCN=C(C)Nc1cc(C)c(C=NOCc2ccccc2)cc1C. The fourth-order valence-electron chi connectivity index (χ4n) is 2.36. The molecule has 0 aliphatic rings. The first-order chi connectivity index (χ1) is 11.6. The van der Waals surface area contributed by atoms with Crippen LogP contribution in [0.2, 0.25) is 0 Å². The van der Waals surface area contributed by atoms with E-state index < -0.39 is 0 Å². The number of nitrogens with zero attached hydrogens (tertiary/aromatic N) is 2. The number of hydrogen-bond donors (Lipinski definition) is 1. The van der Waals surface area contributed by atoms with E-state index in [1.165, 1.54) is 0 Å². The number of benzene rings is 2. The molecule has 0 amide bonds. The van der Waals surface area contributed by atoms with Crippen LogP contribution in [0.25, 0.3) is 0 Å². The average Bonchev–Trinajstić information content (AvgIpc) is 2.57. The predicted molar refractivity (Wildman–Crippen MR) is 102 cm³/mol. The van der Waals surface area contributed by atoms with Crippen molar-refractivity contribution in [3.63, 3.8) is 0 Å². The molecule has 0 atom stereocenters. The van der Waals surface area contributed by atoms with Gasteiger partial charge in [-0.1, -0.05) is 35.5 Å². The molecule has 2 rings (SSSR count). The van der Waals surface area contributed by atoms with Gasteiger partial charge in [0, 0.05) is 12.2 Å². The summed E-state index contributed by atoms with van der Waals surface area (Å²) in [6, 6.07) is 14.2. The molecule has 0 aromatic heterocycles. The van der Waals surface area contributed by atoms with Crippen molar-refractivity contribution in [2.24, 2.45) is 10.1 Å². The van der Waals surface area contributed by atoms with Crippen molar-refractivity contribution in [1.29, 1.82) is 0 Å². The summed E-state index contributed by atoms with van der Waals surface area (Å²) in [6.07, 6.45) is 1.77. The van der Waals surface area contributed by atoms with Gasteiger partial charge in [-0.25, -0.2) is 0 Å². The second-order valence-corrected chi connectivity index (χ2v) is 5.70. The Hall–Kier alpha value is -2.62. The molecule has 4 heteroatoms. The minimum Gasteiger partial charge on any atom is -0.391 e. The first-order valence-corrected chi connectivity index (χ1v) is 8.18. The van der Waals surface area contributed by atoms with Gasteiger partial charge in [0.05, 0.1) is 12.1 Å². The van der Waals surface area contributed by atoms with Crippen molar-refractivity contribution < 1.29 is 4.84 Å². The van der Waals surface area contributed by atoms with E-state index in [0.717, 1.165) is 40.3 Å². The quantitative estimate of drug-likeness (QED) is 0.475. The highest BCUT2D eigenvalue weighted by molar-refractivity contribution is 5.95. The minimum atomic E-state index is 0.474. The lowest BCUT2D eigenvalue weighted by Gasteiger charge is -2.12. The molecule has 0 bridgehead atoms. The highest BCUT2D eigenvalue weighted by Gasteiger charge is 2.04. The number of rotatable bonds is 6. The van der Waals surface area contributed by atoms with E-state index in [1.54, 1.807) is 6.21 Å². The van der Waals surface area contributed by atoms with E-state index in [1.807, 2.05) is 44.2 Å². The summed E-state index contributed by atoms with van der Waals surface area (Å²) in [5.41, 5.74) is 5.52. The van der Waals surface area contributed by atoms with E-state index in [2.05, 4.69) is 41.4 Å². The molecule has 0 saturated heterocycles. The minimum absolute atomic E-state index is 0.474. The van der Waals surface area contributed by atoms with Crippen molar-refractivity contribution in [3.8, 4) is 0 Å². The molecule has 0 spiro atoms. The molecule has 2 aromatic carbocycles. The molecule has 0 unspecified atom stereocenters. The number of nitrogens with one attached hydrogen (secondary N) is 1. The van der Waals surface area contributed by atoms with Gasteiger partial charge in [0.15, 0.2) is 0 Å². The summed E-state index contributed by atoms with van der Waals surface area (Å²) in [4.78, 5) is 9.74. The molecule has 24 heavy (non-hydrogen) atoms. The Labute approximate surface area is 144 Å². The van der Waals surface area contributed by atoms with Crippen LogP contribution in [0.15, 0.2) is 52.6 Å². The van der Waals surface area contributed by atoms with E-state index in [0.29, 0.717) is 6.61 Å². The largest absolute Gasteiger partial charge is 0.391 e. The smallest absolute Gasteiger partial charge is 0.142 e. The van der Waals surface area contributed by atoms with E-state index in [-0.39, 0.29) is 0 Å². The molecule has 0 heterocycles. The average molecular weight is 323 g/mol. The van der Waals surface area contributed by atoms with Crippen molar-refractivity contribution in [2.45, 2.75) is 34.3 Å². The topological polar surface area (TPSA) is 46.0 Å². The van der Waals surface area contributed by atoms with E-state index in [4.69, 9.17) is 4.84 Å². The van der Waals surface area contributed by atoms with Gasteiger partial charge >= 0.3 is 0 Å². The third-order valence-corrected chi connectivity index (χ3v) is 3.66. The zero-order valence-corrected chi connectivity index (χ0v) is 14.8. The van der Waals surface area contributed by atoms with Crippen LogP contribution >= 0.6 is 0 Å². The third kappa shape index (κ3) is 5.23. The van der Waals surface area contributed by atoms with Crippen LogP contribution in [-0.2, 0) is 11.4 Å². The van der Waals surface area contributed by atoms with Crippen LogP contribution in [0.1, 0.15) is 36.1 Å². The zero-order valence-electron chi connectivity index (χ0n) is 14.8. The van der Waals surface area contributed by atoms with Crippen molar-refractivity contribution >= 4 is 17.7 Å². The molecule has 0 fully saturated rings. The molecule has 0 aliphatic carbocycles. The summed E-state index contributed by atoms with van der Waals surface area (Å²) in [5, 5.41) is 7.43. The van der Waals surface area contributed by atoms with Crippen LogP contribution in [0.3, 0.4) is 0 Å². The number of amidine groups is 1. The third-order valence-electron chi connectivity index (χ3n) is 3.66. The Morgan fingerprint density at radius 2 is 1.88 bits per heavy atom. The Morgan fingerprint density at radius 1 is 1.12 bits per heavy atom. The van der Waals surface area contributed by atoms with Gasteiger partial charge in [-0.2, -0.15) is 0 Å². The first-order valence-electron chi connectivity index (χ1n) is 8.18. The van der Waals surface area contributed by atoms with Crippen molar-refractivity contribution in [3.05, 3.63) is 64.7 Å². The Morgan fingerprint density at radius 3 is 2.58 bits per heavy atom. The number of aliphatic imine (C=N–C) groups is 1. The lowest BCUT2D eigenvalue weighted by Crippen LogP contribution is -2.09. The maximum Gasteiger partial charge on any atom is 0.142 e. The second kappa shape index (κ2) is 8.87. The van der Waals surface area contributed by atoms with Gasteiger partial charge in [0.2, 0.25) is 0 Å². The van der Waals surface area contributed by atoms with E-state index >= 15 is 0 Å². The molecule has 2 aromatic rings. The molecule has 0 radical (unpaired) electrons. The summed E-state index contributed by atoms with van der Waals surface area (Å²) in [6.45, 7) is 9.39. The normalized spacial score (nSPS) is 11.8. The van der Waals surface area contributed by atoms with Gasteiger partial charge in [-0.15, -0.1) is 0 Å². The lowest BCUT2D eigenvalue weighted by atomic mass is 10.0. The summed E-state index contributed by atoms with van der Waals surface area (Å²) < 4.78 is 0. The van der Waals surface area contributed by atoms with Crippen molar-refractivity contribution in [2.75, 3.05) is 11.9 Å². The summed E-state index contributed by atoms with van der Waals surface area (Å²) >= 11 is 0. The fraction of sp³-hybridized carbons (Fsp3) is 0.300. The highest BCUT2D eigenvalue weighted by Crippen LogP contribution is 2.20. The highest BCUT2D eigenvalue weighted by atomic mass is 16.6. The van der Waals surface area contributed by atoms with Gasteiger partial charge in [-0.3, -0.25) is 4.99 Å². The predicted octanol–water partition coefficient (Wildman–Crippen LogP) is 4.70. The molecule has 4 nitrogen and oxygen atoms in total. The molecule has 0 saturated carbocycles. The second-order valence-electron chi connectivity index (χ2n) is 5.70. The van der Waals surface area contributed by atoms with Gasteiger partial charge in [0.25, 0.3) is 0 Å². The van der Waals surface area contributed by atoms with E-state index in [9.17, 15) is 0 Å². The molecular weight excluding hydrogens is 298 g/mol. The molecule has 126 valence electrons. The molecule has 0 aliphatic heterocycles. The fourth-order valence-corrected chi connectivity index (χ4v) is 2.36. The molecule has 1 N–H and O–H groups in total. The number of aryl methyl sites for hydroxylation is 2. The monoisotopic (exact) mass is 323 g/mol. The Bertz CT molecular complexity index is 721. The van der Waals surface area contributed by atoms with Gasteiger partial charge < -0.3 is 10.2 Å². The Kier molecular flexibility index (Phi) is 6.55. The van der Waals surface area contributed by atoms with Crippen LogP contribution in [-0.4, -0.2) is 18.6 Å². The summed E-state index contributed by atoms with van der Waals surface area (Å²) in [7, 11) is 0. The van der Waals surface area contributed by atoms with Crippen LogP contribution in [0, 0.1) is 13.8 Å². The Balaban J connectivity index is 2.02. The standard InChI is InChI=1S/C20H25N3O/c1-5-21-17(4)23-20-12-15(2)19(11-16(20)3)13-22-24-14-18-9-7-6-8-10-18/h6-13H,5,14H2,1-4H3,(H,21,23). The molecular formula is C20H25N3O. The zero-order chi connectivity index (χ0) is 17.4. The maximum atomic E-state index is 5.38. The summed E-state index contributed by atoms with van der Waals surface area (Å²) in [5.74, 6) is 0.924. The van der Waals surface area contributed by atoms with Gasteiger partial charge in [-0.05, 0) is 62.1 Å². The van der Waals surface area contributed by atoms with Crippen LogP contribution < -0.4 is 5.32 Å². The van der Waals surface area contributed by atoms with Gasteiger partial charge in [0.1, 0.15) is 6.61 Å². The number of anilines is 1.